The van der Waals surface area contributed by atoms with Crippen LogP contribution in [0.25, 0.3) is 0 Å². The Kier molecular flexibility index (Phi) is 7.74. The summed E-state index contributed by atoms with van der Waals surface area (Å²) in [7, 11) is 0. The smallest absolute Gasteiger partial charge is 0.319 e. The van der Waals surface area contributed by atoms with Crippen LogP contribution in [0.5, 0.6) is 5.75 Å². The van der Waals surface area contributed by atoms with Gasteiger partial charge in [-0.05, 0) is 47.9 Å². The minimum Gasteiger partial charge on any atom is -0.489 e. The minimum absolute atomic E-state index is 0.0162. The van der Waals surface area contributed by atoms with E-state index in [1.54, 1.807) is 24.3 Å². The molecule has 2 heterocycles. The van der Waals surface area contributed by atoms with Crippen LogP contribution < -0.4 is 20.7 Å². The number of rotatable bonds is 8. The summed E-state index contributed by atoms with van der Waals surface area (Å²) in [6.07, 6.45) is 0.298. The van der Waals surface area contributed by atoms with Crippen molar-refractivity contribution in [2.75, 3.05) is 5.32 Å². The lowest BCUT2D eigenvalue weighted by Crippen LogP contribution is -2.52. The molecule has 5 amide bonds. The van der Waals surface area contributed by atoms with Gasteiger partial charge in [-0.15, -0.1) is 0 Å². The number of piperidine rings is 1. The first-order valence-corrected chi connectivity index (χ1v) is 12.7. The molecule has 11 heteroatoms. The third kappa shape index (κ3) is 5.79. The van der Waals surface area contributed by atoms with E-state index in [1.807, 2.05) is 24.3 Å². The number of nitrogens with zero attached hydrogens (tertiary/aromatic N) is 1. The zero-order valence-electron chi connectivity index (χ0n) is 21.4. The minimum atomic E-state index is -0.834. The number of ether oxygens (including phenoxy) is 1. The molecular formula is C29H27FN4O6. The number of benzene rings is 3. The van der Waals surface area contributed by atoms with Gasteiger partial charge in [0.1, 0.15) is 24.2 Å². The Labute approximate surface area is 229 Å². The van der Waals surface area contributed by atoms with Gasteiger partial charge in [0.05, 0.1) is 13.2 Å². The maximum Gasteiger partial charge on any atom is 0.319 e. The number of urea groups is 1. The van der Waals surface area contributed by atoms with Crippen LogP contribution in [-0.4, -0.2) is 39.8 Å². The van der Waals surface area contributed by atoms with Crippen LogP contribution in [0.2, 0.25) is 0 Å². The van der Waals surface area contributed by atoms with E-state index in [9.17, 15) is 19.2 Å². The molecule has 0 saturated carbocycles. The summed E-state index contributed by atoms with van der Waals surface area (Å²) in [4.78, 5) is 50.2. The van der Waals surface area contributed by atoms with Crippen LogP contribution in [0.15, 0.2) is 60.7 Å². The molecule has 0 radical (unpaired) electrons. The Balaban J connectivity index is 1.13. The third-order valence-corrected chi connectivity index (χ3v) is 6.89. The lowest BCUT2D eigenvalue weighted by molar-refractivity contribution is -0.136. The zero-order chi connectivity index (χ0) is 28.2. The van der Waals surface area contributed by atoms with Gasteiger partial charge in [-0.1, -0.05) is 30.3 Å². The monoisotopic (exact) mass is 546 g/mol. The zero-order valence-corrected chi connectivity index (χ0v) is 21.4. The SMILES string of the molecule is O=C1CCC(N2Cc3c(ccc(CNC(=O)Nc4ccc(OCc5ccc(CO)cc5)cc4)c3F)C2=O)C(=O)N1. The van der Waals surface area contributed by atoms with Gasteiger partial charge in [-0.3, -0.25) is 19.7 Å². The summed E-state index contributed by atoms with van der Waals surface area (Å²) < 4.78 is 21.0. The maximum atomic E-state index is 15.3. The quantitative estimate of drug-likeness (QED) is 0.321. The average molecular weight is 547 g/mol. The molecule has 3 aromatic rings. The van der Waals surface area contributed by atoms with Crippen LogP contribution in [0, 0.1) is 5.82 Å². The maximum absolute atomic E-state index is 15.3. The first-order valence-electron chi connectivity index (χ1n) is 12.7. The van der Waals surface area contributed by atoms with Gasteiger partial charge in [0.2, 0.25) is 11.8 Å². The van der Waals surface area contributed by atoms with E-state index in [1.165, 1.54) is 17.0 Å². The molecular weight excluding hydrogens is 519 g/mol. The Morgan fingerprint density at radius 2 is 1.75 bits per heavy atom. The van der Waals surface area contributed by atoms with Gasteiger partial charge in [0, 0.05) is 35.3 Å². The first-order chi connectivity index (χ1) is 19.3. The van der Waals surface area contributed by atoms with Gasteiger partial charge in [-0.2, -0.15) is 0 Å². The predicted octanol–water partition coefficient (Wildman–Crippen LogP) is 2.98. The third-order valence-electron chi connectivity index (χ3n) is 6.89. The van der Waals surface area contributed by atoms with Crippen molar-refractivity contribution in [3.8, 4) is 5.75 Å². The number of hydrogen-bond acceptors (Lipinski definition) is 6. The molecule has 206 valence electrons. The Bertz CT molecular complexity index is 1460. The van der Waals surface area contributed by atoms with E-state index in [0.29, 0.717) is 18.0 Å². The summed E-state index contributed by atoms with van der Waals surface area (Å²) in [5.74, 6) is -1.43. The Hall–Kier alpha value is -4.77. The van der Waals surface area contributed by atoms with Crippen LogP contribution in [-0.2, 0) is 35.9 Å². The number of imide groups is 1. The molecule has 0 bridgehead atoms. The standard InChI is InChI=1S/C29H27FN4O6/c30-26-19(5-10-22-23(26)14-34(28(22)38)24-11-12-25(36)33-27(24)37)13-31-29(39)32-20-6-8-21(9-7-20)40-16-18-3-1-17(15-35)2-4-18/h1-10,24,35H,11-16H2,(H2,31,32,39)(H,33,36,37). The van der Waals surface area contributed by atoms with E-state index in [-0.39, 0.29) is 49.2 Å². The van der Waals surface area contributed by atoms with Crippen molar-refractivity contribution in [3.63, 3.8) is 0 Å². The second-order valence-corrected chi connectivity index (χ2v) is 9.56. The number of hydrogen-bond donors (Lipinski definition) is 4. The number of aliphatic hydroxyl groups excluding tert-OH is 1. The number of halogens is 1. The largest absolute Gasteiger partial charge is 0.489 e. The lowest BCUT2D eigenvalue weighted by Gasteiger charge is -2.29. The van der Waals surface area contributed by atoms with E-state index in [0.717, 1.165) is 11.1 Å². The van der Waals surface area contributed by atoms with Crippen LogP contribution in [0.4, 0.5) is 14.9 Å². The van der Waals surface area contributed by atoms with E-state index >= 15 is 4.39 Å². The van der Waals surface area contributed by atoms with Crippen LogP contribution in [0.3, 0.4) is 0 Å². The predicted molar refractivity (Wildman–Crippen MR) is 141 cm³/mol. The molecule has 0 aromatic heterocycles. The molecule has 2 aliphatic rings. The van der Waals surface area contributed by atoms with E-state index < -0.39 is 35.6 Å². The highest BCUT2D eigenvalue weighted by Crippen LogP contribution is 2.30. The summed E-state index contributed by atoms with van der Waals surface area (Å²) >= 11 is 0. The summed E-state index contributed by atoms with van der Waals surface area (Å²) in [6, 6.07) is 15.7. The van der Waals surface area contributed by atoms with Gasteiger partial charge in [0.15, 0.2) is 0 Å². The molecule has 0 spiro atoms. The number of carbonyl (C=O) groups excluding carboxylic acids is 4. The molecule has 40 heavy (non-hydrogen) atoms. The van der Waals surface area contributed by atoms with Gasteiger partial charge in [0.25, 0.3) is 5.91 Å². The summed E-state index contributed by atoms with van der Waals surface area (Å²) in [5, 5.41) is 16.6. The number of anilines is 1. The Morgan fingerprint density at radius 3 is 2.45 bits per heavy atom. The molecule has 1 atom stereocenters. The molecule has 3 aromatic carbocycles. The molecule has 1 fully saturated rings. The molecule has 10 nitrogen and oxygen atoms in total. The molecule has 1 saturated heterocycles. The first kappa shape index (κ1) is 26.8. The number of amides is 5. The van der Waals surface area contributed by atoms with E-state index in [4.69, 9.17) is 9.84 Å². The number of fused-ring (bicyclic) bond motifs is 1. The lowest BCUT2D eigenvalue weighted by atomic mass is 10.0. The van der Waals surface area contributed by atoms with Crippen molar-refractivity contribution in [2.24, 2.45) is 0 Å². The average Bonchev–Trinajstić information content (AvgIpc) is 3.29. The topological polar surface area (TPSA) is 137 Å². The van der Waals surface area contributed by atoms with Gasteiger partial charge in [-0.25, -0.2) is 9.18 Å². The van der Waals surface area contributed by atoms with Crippen molar-refractivity contribution in [1.29, 1.82) is 0 Å². The Morgan fingerprint density at radius 1 is 1.02 bits per heavy atom. The van der Waals surface area contributed by atoms with Crippen molar-refractivity contribution in [3.05, 3.63) is 94.3 Å². The number of aliphatic hydroxyl groups is 1. The summed E-state index contributed by atoms with van der Waals surface area (Å²) in [6.45, 7) is 0.127. The highest BCUT2D eigenvalue weighted by molar-refractivity contribution is 6.05. The molecule has 1 unspecified atom stereocenters. The van der Waals surface area contributed by atoms with Crippen LogP contribution >= 0.6 is 0 Å². The van der Waals surface area contributed by atoms with Gasteiger partial charge < -0.3 is 25.4 Å². The van der Waals surface area contributed by atoms with Crippen molar-refractivity contribution in [2.45, 2.75) is 45.2 Å². The second kappa shape index (κ2) is 11.5. The normalized spacial score (nSPS) is 16.4. The van der Waals surface area contributed by atoms with E-state index in [2.05, 4.69) is 16.0 Å². The highest BCUT2D eigenvalue weighted by atomic mass is 19.1. The fraction of sp³-hybridized carbons (Fsp3) is 0.241. The van der Waals surface area contributed by atoms with Crippen molar-refractivity contribution >= 4 is 29.4 Å². The number of nitrogens with one attached hydrogen (secondary N) is 3. The second-order valence-electron chi connectivity index (χ2n) is 9.56. The molecule has 0 aliphatic carbocycles. The van der Waals surface area contributed by atoms with Crippen molar-refractivity contribution in [1.82, 2.24) is 15.5 Å². The van der Waals surface area contributed by atoms with Gasteiger partial charge >= 0.3 is 6.03 Å². The molecule has 2 aliphatic heterocycles. The molecule has 4 N–H and O–H groups in total. The fourth-order valence-corrected chi connectivity index (χ4v) is 4.68. The van der Waals surface area contributed by atoms with Crippen molar-refractivity contribution < 1.29 is 33.4 Å². The number of carbonyl (C=O) groups is 4. The highest BCUT2D eigenvalue weighted by Gasteiger charge is 2.40. The summed E-state index contributed by atoms with van der Waals surface area (Å²) in [5.41, 5.74) is 2.81. The fourth-order valence-electron chi connectivity index (χ4n) is 4.68. The molecule has 5 rings (SSSR count). The van der Waals surface area contributed by atoms with Crippen LogP contribution in [0.1, 0.15) is 45.5 Å².